The Labute approximate surface area is 132 Å². The fourth-order valence-corrected chi connectivity index (χ4v) is 2.82. The third-order valence-corrected chi connectivity index (χ3v) is 3.96. The Morgan fingerprint density at radius 1 is 1.32 bits per heavy atom. The molecule has 5 heteroatoms. The van der Waals surface area contributed by atoms with Crippen molar-refractivity contribution in [2.24, 2.45) is 5.92 Å². The first-order valence-corrected chi connectivity index (χ1v) is 7.90. The molecular formula is C17H26N2O3. The van der Waals surface area contributed by atoms with Crippen molar-refractivity contribution in [2.45, 2.75) is 12.8 Å². The summed E-state index contributed by atoms with van der Waals surface area (Å²) in [5.74, 6) is 1.43. The monoisotopic (exact) mass is 306 g/mol. The van der Waals surface area contributed by atoms with Crippen molar-refractivity contribution in [3.63, 3.8) is 0 Å². The fraction of sp³-hybridized carbons (Fsp3) is 0.588. The number of nitrogens with zero attached hydrogens (tertiary/aromatic N) is 1. The van der Waals surface area contributed by atoms with Crippen molar-refractivity contribution in [1.82, 2.24) is 10.2 Å². The Bertz CT molecular complexity index is 459. The molecule has 1 unspecified atom stereocenters. The molecule has 0 bridgehead atoms. The van der Waals surface area contributed by atoms with Crippen LogP contribution in [-0.2, 0) is 4.74 Å². The van der Waals surface area contributed by atoms with Crippen LogP contribution in [0, 0.1) is 5.92 Å². The summed E-state index contributed by atoms with van der Waals surface area (Å²) in [5, 5.41) is 3.20. The molecule has 1 atom stereocenters. The molecule has 122 valence electrons. The highest BCUT2D eigenvalue weighted by Crippen LogP contribution is 2.19. The van der Waals surface area contributed by atoms with Gasteiger partial charge in [0.2, 0.25) is 0 Å². The summed E-state index contributed by atoms with van der Waals surface area (Å²) in [6.45, 7) is 3.73. The van der Waals surface area contributed by atoms with Crippen LogP contribution >= 0.6 is 0 Å². The van der Waals surface area contributed by atoms with E-state index in [1.54, 1.807) is 7.11 Å². The number of ether oxygens (including phenoxy) is 2. The number of piperidine rings is 1. The molecule has 1 fully saturated rings. The van der Waals surface area contributed by atoms with Gasteiger partial charge in [-0.15, -0.1) is 0 Å². The molecule has 5 nitrogen and oxygen atoms in total. The highest BCUT2D eigenvalue weighted by atomic mass is 16.5. The number of carbonyl (C=O) groups excluding carboxylic acids is 1. The van der Waals surface area contributed by atoms with Crippen LogP contribution in [0.1, 0.15) is 23.2 Å². The van der Waals surface area contributed by atoms with Gasteiger partial charge in [-0.2, -0.15) is 0 Å². The number of carbonyl (C=O) groups is 1. The van der Waals surface area contributed by atoms with E-state index in [-0.39, 0.29) is 5.91 Å². The average molecular weight is 306 g/mol. The van der Waals surface area contributed by atoms with Crippen LogP contribution < -0.4 is 10.1 Å². The van der Waals surface area contributed by atoms with Gasteiger partial charge in [-0.05, 0) is 56.6 Å². The zero-order chi connectivity index (χ0) is 15.8. The normalized spacial score (nSPS) is 18.3. The van der Waals surface area contributed by atoms with Crippen LogP contribution in [0.5, 0.6) is 5.75 Å². The van der Waals surface area contributed by atoms with Gasteiger partial charge in [-0.1, -0.05) is 0 Å². The molecule has 1 aliphatic heterocycles. The van der Waals surface area contributed by atoms with E-state index in [2.05, 4.69) is 5.32 Å². The lowest BCUT2D eigenvalue weighted by atomic mass is 9.97. The van der Waals surface area contributed by atoms with E-state index in [0.717, 1.165) is 37.4 Å². The maximum atomic E-state index is 12.6. The molecule has 2 rings (SSSR count). The molecule has 1 aliphatic rings. The zero-order valence-electron chi connectivity index (χ0n) is 13.5. The van der Waals surface area contributed by atoms with Crippen molar-refractivity contribution in [3.8, 4) is 5.75 Å². The highest BCUT2D eigenvalue weighted by Gasteiger charge is 2.23. The largest absolute Gasteiger partial charge is 0.491 e. The minimum atomic E-state index is 0.115. The molecule has 0 spiro atoms. The summed E-state index contributed by atoms with van der Waals surface area (Å²) >= 11 is 0. The first-order chi connectivity index (χ1) is 10.7. The molecule has 1 aromatic rings. The van der Waals surface area contributed by atoms with Crippen LogP contribution in [0.25, 0.3) is 0 Å². The molecule has 0 radical (unpaired) electrons. The van der Waals surface area contributed by atoms with E-state index in [1.807, 2.05) is 36.2 Å². The molecule has 22 heavy (non-hydrogen) atoms. The van der Waals surface area contributed by atoms with Crippen LogP contribution in [0.15, 0.2) is 24.3 Å². The Balaban J connectivity index is 1.91. The Morgan fingerprint density at radius 2 is 2.09 bits per heavy atom. The Morgan fingerprint density at radius 3 is 2.77 bits per heavy atom. The van der Waals surface area contributed by atoms with Crippen LogP contribution in [0.2, 0.25) is 0 Å². The average Bonchev–Trinajstić information content (AvgIpc) is 2.56. The second-order valence-corrected chi connectivity index (χ2v) is 5.68. The van der Waals surface area contributed by atoms with Crippen LogP contribution in [0.3, 0.4) is 0 Å². The second kappa shape index (κ2) is 8.76. The van der Waals surface area contributed by atoms with Gasteiger partial charge in [0, 0.05) is 25.8 Å². The molecule has 1 amide bonds. The van der Waals surface area contributed by atoms with E-state index >= 15 is 0 Å². The minimum absolute atomic E-state index is 0.115. The maximum absolute atomic E-state index is 12.6. The third-order valence-electron chi connectivity index (χ3n) is 3.96. The summed E-state index contributed by atoms with van der Waals surface area (Å²) in [5.41, 5.74) is 0.726. The molecular weight excluding hydrogens is 280 g/mol. The predicted molar refractivity (Wildman–Crippen MR) is 86.4 cm³/mol. The molecule has 1 N–H and O–H groups in total. The number of rotatable bonds is 7. The van der Waals surface area contributed by atoms with E-state index in [4.69, 9.17) is 9.47 Å². The van der Waals surface area contributed by atoms with Crippen molar-refractivity contribution >= 4 is 5.91 Å². The summed E-state index contributed by atoms with van der Waals surface area (Å²) in [6, 6.07) is 7.37. The Kier molecular flexibility index (Phi) is 6.68. The minimum Gasteiger partial charge on any atom is -0.491 e. The van der Waals surface area contributed by atoms with Gasteiger partial charge in [0.15, 0.2) is 0 Å². The highest BCUT2D eigenvalue weighted by molar-refractivity contribution is 5.94. The van der Waals surface area contributed by atoms with E-state index in [0.29, 0.717) is 19.1 Å². The smallest absolute Gasteiger partial charge is 0.253 e. The lowest BCUT2D eigenvalue weighted by molar-refractivity contribution is 0.0674. The Hall–Kier alpha value is -1.59. The van der Waals surface area contributed by atoms with E-state index < -0.39 is 0 Å². The molecule has 1 aromatic carbocycles. The standard InChI is InChI=1S/C17H26N2O3/c1-18-12-14-4-3-9-19(13-14)17(20)15-5-7-16(8-6-15)22-11-10-21-2/h5-8,14,18H,3-4,9-13H2,1-2H3. The number of likely N-dealkylation sites (tertiary alicyclic amines) is 1. The van der Waals surface area contributed by atoms with Gasteiger partial charge >= 0.3 is 0 Å². The summed E-state index contributed by atoms with van der Waals surface area (Å²) in [4.78, 5) is 14.5. The number of hydrogen-bond donors (Lipinski definition) is 1. The van der Waals surface area contributed by atoms with Crippen molar-refractivity contribution in [2.75, 3.05) is 47.0 Å². The summed E-state index contributed by atoms with van der Waals surface area (Å²) in [7, 11) is 3.61. The third kappa shape index (κ3) is 4.71. The van der Waals surface area contributed by atoms with Gasteiger partial charge in [-0.3, -0.25) is 4.79 Å². The molecule has 0 aromatic heterocycles. The molecule has 1 heterocycles. The van der Waals surface area contributed by atoms with Crippen molar-refractivity contribution in [1.29, 1.82) is 0 Å². The number of nitrogens with one attached hydrogen (secondary N) is 1. The molecule has 1 saturated heterocycles. The zero-order valence-corrected chi connectivity index (χ0v) is 13.5. The van der Waals surface area contributed by atoms with Gasteiger partial charge in [0.25, 0.3) is 5.91 Å². The number of hydrogen-bond acceptors (Lipinski definition) is 4. The van der Waals surface area contributed by atoms with E-state index in [1.165, 1.54) is 6.42 Å². The van der Waals surface area contributed by atoms with Crippen molar-refractivity contribution < 1.29 is 14.3 Å². The number of benzene rings is 1. The van der Waals surface area contributed by atoms with Gasteiger partial charge in [-0.25, -0.2) is 0 Å². The molecule has 0 aliphatic carbocycles. The van der Waals surface area contributed by atoms with Crippen LogP contribution in [0.4, 0.5) is 0 Å². The predicted octanol–water partition coefficient (Wildman–Crippen LogP) is 1.78. The second-order valence-electron chi connectivity index (χ2n) is 5.68. The quantitative estimate of drug-likeness (QED) is 0.780. The van der Waals surface area contributed by atoms with E-state index in [9.17, 15) is 4.79 Å². The molecule has 0 saturated carbocycles. The van der Waals surface area contributed by atoms with Gasteiger partial charge < -0.3 is 19.7 Å². The SMILES string of the molecule is CNCC1CCCN(C(=O)c2ccc(OCCOC)cc2)C1. The summed E-state index contributed by atoms with van der Waals surface area (Å²) < 4.78 is 10.5. The first-order valence-electron chi connectivity index (χ1n) is 7.90. The van der Waals surface area contributed by atoms with Gasteiger partial charge in [0.05, 0.1) is 6.61 Å². The topological polar surface area (TPSA) is 50.8 Å². The fourth-order valence-electron chi connectivity index (χ4n) is 2.82. The lowest BCUT2D eigenvalue weighted by Crippen LogP contribution is -2.42. The summed E-state index contributed by atoms with van der Waals surface area (Å²) in [6.07, 6.45) is 2.27. The number of amides is 1. The number of methoxy groups -OCH3 is 1. The lowest BCUT2D eigenvalue weighted by Gasteiger charge is -2.32. The maximum Gasteiger partial charge on any atom is 0.253 e. The van der Waals surface area contributed by atoms with Crippen molar-refractivity contribution in [3.05, 3.63) is 29.8 Å². The van der Waals surface area contributed by atoms with Gasteiger partial charge in [0.1, 0.15) is 12.4 Å². The first kappa shape index (κ1) is 16.8. The van der Waals surface area contributed by atoms with Crippen LogP contribution in [-0.4, -0.2) is 57.8 Å².